The average Bonchev–Trinajstić information content (AvgIpc) is 2.36. The monoisotopic (exact) mass is 319 g/mol. The summed E-state index contributed by atoms with van der Waals surface area (Å²) in [6, 6.07) is 2.94. The van der Waals surface area contributed by atoms with Gasteiger partial charge in [0.2, 0.25) is 10.0 Å². The molecule has 0 bridgehead atoms. The Hall–Kier alpha value is -2.16. The second kappa shape index (κ2) is 7.02. The van der Waals surface area contributed by atoms with Gasteiger partial charge in [0.25, 0.3) is 0 Å². The summed E-state index contributed by atoms with van der Waals surface area (Å²) in [6.07, 6.45) is -0.415. The number of carbonyl (C=O) groups is 2. The van der Waals surface area contributed by atoms with Crippen LogP contribution in [0, 0.1) is 5.82 Å². The third kappa shape index (κ3) is 5.38. The third-order valence-corrected chi connectivity index (χ3v) is 3.81. The Morgan fingerprint density at radius 3 is 2.62 bits per heavy atom. The van der Waals surface area contributed by atoms with E-state index in [2.05, 4.69) is 9.46 Å². The lowest BCUT2D eigenvalue weighted by molar-refractivity contribution is -0.137. The van der Waals surface area contributed by atoms with E-state index in [0.29, 0.717) is 0 Å². The van der Waals surface area contributed by atoms with Crippen molar-refractivity contribution in [2.75, 3.05) is 17.6 Å². The molecule has 0 radical (unpaired) electrons. The third-order valence-electron chi connectivity index (χ3n) is 2.46. The number of anilines is 1. The van der Waals surface area contributed by atoms with Gasteiger partial charge in [0, 0.05) is 6.42 Å². The fraction of sp³-hybridized carbons (Fsp3) is 0.333. The van der Waals surface area contributed by atoms with E-state index in [1.807, 2.05) is 0 Å². The molecule has 1 aromatic carbocycles. The lowest BCUT2D eigenvalue weighted by atomic mass is 10.2. The van der Waals surface area contributed by atoms with Crippen LogP contribution >= 0.6 is 0 Å². The van der Waals surface area contributed by atoms with E-state index in [-0.39, 0.29) is 24.1 Å². The summed E-state index contributed by atoms with van der Waals surface area (Å²) in [5, 5.41) is 8.46. The number of hydrogen-bond acceptors (Lipinski definition) is 5. The van der Waals surface area contributed by atoms with Gasteiger partial charge in [-0.05, 0) is 24.6 Å². The molecule has 1 aromatic rings. The summed E-state index contributed by atoms with van der Waals surface area (Å²) in [5.74, 6) is -3.13. The van der Waals surface area contributed by atoms with Crippen LogP contribution in [-0.4, -0.2) is 38.3 Å². The zero-order valence-electron chi connectivity index (χ0n) is 11.1. The number of carbonyl (C=O) groups excluding carboxylic acids is 1. The van der Waals surface area contributed by atoms with E-state index < -0.39 is 33.5 Å². The van der Waals surface area contributed by atoms with Gasteiger partial charge < -0.3 is 9.84 Å². The first-order chi connectivity index (χ1) is 9.75. The SMILES string of the molecule is COC(=O)c1ccc(F)cc1NS(=O)(=O)CCCC(=O)O. The summed E-state index contributed by atoms with van der Waals surface area (Å²) in [6.45, 7) is 0. The van der Waals surface area contributed by atoms with Crippen molar-refractivity contribution in [2.24, 2.45) is 0 Å². The zero-order valence-corrected chi connectivity index (χ0v) is 11.9. The fourth-order valence-electron chi connectivity index (χ4n) is 1.52. The first-order valence-corrected chi connectivity index (χ1v) is 7.50. The molecule has 1 rings (SSSR count). The first kappa shape index (κ1) is 16.9. The van der Waals surface area contributed by atoms with Crippen molar-refractivity contribution in [3.05, 3.63) is 29.6 Å². The predicted molar refractivity (Wildman–Crippen MR) is 72.0 cm³/mol. The minimum atomic E-state index is -3.90. The van der Waals surface area contributed by atoms with Crippen molar-refractivity contribution in [3.63, 3.8) is 0 Å². The molecule has 0 heterocycles. The number of ether oxygens (including phenoxy) is 1. The molecule has 0 spiro atoms. The van der Waals surface area contributed by atoms with Crippen molar-refractivity contribution in [2.45, 2.75) is 12.8 Å². The summed E-state index contributed by atoms with van der Waals surface area (Å²) >= 11 is 0. The van der Waals surface area contributed by atoms with Gasteiger partial charge >= 0.3 is 11.9 Å². The molecule has 0 saturated carbocycles. The molecule has 9 heteroatoms. The molecule has 0 fully saturated rings. The number of halogens is 1. The highest BCUT2D eigenvalue weighted by molar-refractivity contribution is 7.92. The average molecular weight is 319 g/mol. The molecule has 0 atom stereocenters. The standard InChI is InChI=1S/C12H14FNO6S/c1-20-12(17)9-5-4-8(13)7-10(9)14-21(18,19)6-2-3-11(15)16/h4-5,7,14H,2-3,6H2,1H3,(H,15,16). The molecule has 0 aliphatic rings. The number of rotatable bonds is 7. The van der Waals surface area contributed by atoms with E-state index in [0.717, 1.165) is 25.3 Å². The molecule has 7 nitrogen and oxygen atoms in total. The number of nitrogens with one attached hydrogen (secondary N) is 1. The lowest BCUT2D eigenvalue weighted by Gasteiger charge is -2.11. The number of hydrogen-bond donors (Lipinski definition) is 2. The minimum Gasteiger partial charge on any atom is -0.481 e. The van der Waals surface area contributed by atoms with E-state index in [9.17, 15) is 22.4 Å². The maximum Gasteiger partial charge on any atom is 0.339 e. The van der Waals surface area contributed by atoms with E-state index in [1.54, 1.807) is 0 Å². The van der Waals surface area contributed by atoms with Crippen LogP contribution in [0.4, 0.5) is 10.1 Å². The Labute approximate surface area is 120 Å². The molecule has 0 saturated heterocycles. The van der Waals surface area contributed by atoms with Gasteiger partial charge in [-0.3, -0.25) is 9.52 Å². The number of sulfonamides is 1. The van der Waals surface area contributed by atoms with Gasteiger partial charge in [-0.2, -0.15) is 0 Å². The largest absolute Gasteiger partial charge is 0.481 e. The van der Waals surface area contributed by atoms with E-state index in [1.165, 1.54) is 0 Å². The Morgan fingerprint density at radius 2 is 2.05 bits per heavy atom. The molecule has 0 aromatic heterocycles. The van der Waals surface area contributed by atoms with Crippen LogP contribution in [0.3, 0.4) is 0 Å². The first-order valence-electron chi connectivity index (χ1n) is 5.85. The predicted octanol–water partition coefficient (Wildman–Crippen LogP) is 1.22. The van der Waals surface area contributed by atoms with Crippen LogP contribution in [-0.2, 0) is 19.6 Å². The molecule has 0 unspecified atom stereocenters. The number of aliphatic carboxylic acids is 1. The molecule has 0 aliphatic carbocycles. The fourth-order valence-corrected chi connectivity index (χ4v) is 2.65. The number of carboxylic acid groups (broad SMARTS) is 1. The van der Waals surface area contributed by atoms with Crippen LogP contribution in [0.1, 0.15) is 23.2 Å². The Bertz CT molecular complexity index is 643. The highest BCUT2D eigenvalue weighted by atomic mass is 32.2. The topological polar surface area (TPSA) is 110 Å². The minimum absolute atomic E-state index is 0.104. The Balaban J connectivity index is 2.92. The summed E-state index contributed by atoms with van der Waals surface area (Å²) in [4.78, 5) is 21.8. The van der Waals surface area contributed by atoms with E-state index >= 15 is 0 Å². The summed E-state index contributed by atoms with van der Waals surface area (Å²) < 4.78 is 43.3. The number of methoxy groups -OCH3 is 1. The van der Waals surface area contributed by atoms with Gasteiger partial charge in [-0.25, -0.2) is 17.6 Å². The smallest absolute Gasteiger partial charge is 0.339 e. The van der Waals surface area contributed by atoms with Gasteiger partial charge in [0.15, 0.2) is 0 Å². The maximum absolute atomic E-state index is 13.2. The van der Waals surface area contributed by atoms with Crippen LogP contribution in [0.2, 0.25) is 0 Å². The highest BCUT2D eigenvalue weighted by Crippen LogP contribution is 2.20. The molecular weight excluding hydrogens is 305 g/mol. The Kier molecular flexibility index (Phi) is 5.65. The summed E-state index contributed by atoms with van der Waals surface area (Å²) in [7, 11) is -2.79. The van der Waals surface area contributed by atoms with Crippen molar-refractivity contribution >= 4 is 27.6 Å². The van der Waals surface area contributed by atoms with Crippen LogP contribution in [0.5, 0.6) is 0 Å². The quantitative estimate of drug-likeness (QED) is 0.731. The number of esters is 1. The van der Waals surface area contributed by atoms with Gasteiger partial charge in [0.1, 0.15) is 5.82 Å². The second-order valence-corrected chi connectivity index (χ2v) is 5.94. The molecule has 0 aliphatic heterocycles. The Morgan fingerprint density at radius 1 is 1.38 bits per heavy atom. The van der Waals surface area contributed by atoms with Crippen molar-refractivity contribution < 1.29 is 32.2 Å². The van der Waals surface area contributed by atoms with Crippen molar-refractivity contribution in [1.29, 1.82) is 0 Å². The molecule has 2 N–H and O–H groups in total. The number of carboxylic acids is 1. The normalized spacial score (nSPS) is 11.0. The zero-order chi connectivity index (χ0) is 16.0. The maximum atomic E-state index is 13.2. The van der Waals surface area contributed by atoms with Gasteiger partial charge in [0.05, 0.1) is 24.1 Å². The molecular formula is C12H14FNO6S. The van der Waals surface area contributed by atoms with Crippen LogP contribution < -0.4 is 4.72 Å². The highest BCUT2D eigenvalue weighted by Gasteiger charge is 2.18. The second-order valence-electron chi connectivity index (χ2n) is 4.10. The van der Waals surface area contributed by atoms with Crippen molar-refractivity contribution in [3.8, 4) is 0 Å². The lowest BCUT2D eigenvalue weighted by Crippen LogP contribution is -2.19. The summed E-state index contributed by atoms with van der Waals surface area (Å²) in [5.41, 5.74) is -0.391. The van der Waals surface area contributed by atoms with Crippen LogP contribution in [0.25, 0.3) is 0 Å². The van der Waals surface area contributed by atoms with Gasteiger partial charge in [-0.1, -0.05) is 0 Å². The molecule has 0 amide bonds. The van der Waals surface area contributed by atoms with E-state index in [4.69, 9.17) is 5.11 Å². The van der Waals surface area contributed by atoms with Crippen molar-refractivity contribution in [1.82, 2.24) is 0 Å². The van der Waals surface area contributed by atoms with Gasteiger partial charge in [-0.15, -0.1) is 0 Å². The molecule has 21 heavy (non-hydrogen) atoms. The molecule has 116 valence electrons. The number of benzene rings is 1. The van der Waals surface area contributed by atoms with Crippen LogP contribution in [0.15, 0.2) is 18.2 Å².